The van der Waals surface area contributed by atoms with Crippen molar-refractivity contribution in [2.45, 2.75) is 30.5 Å². The first-order chi connectivity index (χ1) is 6.45. The fourth-order valence-corrected chi connectivity index (χ4v) is 4.20. The molecule has 0 aliphatic rings. The minimum absolute atomic E-state index is 0.0270. The van der Waals surface area contributed by atoms with E-state index < -0.39 is 10.0 Å². The number of hydrogen-bond acceptors (Lipinski definition) is 3. The second-order valence-corrected chi connectivity index (χ2v) is 7.39. The Kier molecular flexibility index (Phi) is 4.12. The second kappa shape index (κ2) is 4.74. The van der Waals surface area contributed by atoms with Gasteiger partial charge in [-0.15, -0.1) is 11.3 Å². The fourth-order valence-electron chi connectivity index (χ4n) is 0.848. The maximum absolute atomic E-state index is 11.7. The van der Waals surface area contributed by atoms with Crippen LogP contribution in [0.2, 0.25) is 0 Å². The molecule has 0 aromatic carbocycles. The highest BCUT2D eigenvalue weighted by Crippen LogP contribution is 2.25. The average Bonchev–Trinajstić information content (AvgIpc) is 2.51. The van der Waals surface area contributed by atoms with E-state index in [0.717, 1.165) is 10.2 Å². The van der Waals surface area contributed by atoms with Gasteiger partial charge in [-0.25, -0.2) is 13.1 Å². The minimum Gasteiger partial charge on any atom is -0.208 e. The first-order valence-electron chi connectivity index (χ1n) is 4.23. The van der Waals surface area contributed by atoms with E-state index in [0.29, 0.717) is 4.21 Å². The second-order valence-electron chi connectivity index (χ2n) is 2.99. The Morgan fingerprint density at radius 1 is 1.57 bits per heavy atom. The summed E-state index contributed by atoms with van der Waals surface area (Å²) < 4.78 is 27.2. The molecule has 1 aromatic rings. The lowest BCUT2D eigenvalue weighted by Gasteiger charge is -2.10. The van der Waals surface area contributed by atoms with Crippen molar-refractivity contribution in [1.82, 2.24) is 4.72 Å². The fraction of sp³-hybridized carbons (Fsp3) is 0.500. The lowest BCUT2D eigenvalue weighted by atomic mass is 10.3. The van der Waals surface area contributed by atoms with Gasteiger partial charge in [-0.3, -0.25) is 0 Å². The van der Waals surface area contributed by atoms with Gasteiger partial charge in [0.25, 0.3) is 0 Å². The molecule has 0 radical (unpaired) electrons. The number of thiophene rings is 1. The van der Waals surface area contributed by atoms with Crippen LogP contribution in [0, 0.1) is 0 Å². The molecule has 0 bridgehead atoms. The number of hydrogen-bond donors (Lipinski definition) is 1. The highest BCUT2D eigenvalue weighted by atomic mass is 79.9. The molecule has 1 heterocycles. The Hall–Kier alpha value is 0.0900. The molecule has 80 valence electrons. The maximum Gasteiger partial charge on any atom is 0.250 e. The quantitative estimate of drug-likeness (QED) is 0.928. The number of rotatable bonds is 4. The van der Waals surface area contributed by atoms with Gasteiger partial charge in [0.1, 0.15) is 4.21 Å². The van der Waals surface area contributed by atoms with E-state index in [1.165, 1.54) is 11.3 Å². The normalized spacial score (nSPS) is 14.2. The molecule has 14 heavy (non-hydrogen) atoms. The van der Waals surface area contributed by atoms with Crippen LogP contribution in [0.1, 0.15) is 20.3 Å². The van der Waals surface area contributed by atoms with E-state index in [1.54, 1.807) is 12.1 Å². The van der Waals surface area contributed by atoms with Crippen LogP contribution in [-0.4, -0.2) is 14.5 Å². The summed E-state index contributed by atoms with van der Waals surface area (Å²) in [5, 5.41) is 0. The van der Waals surface area contributed by atoms with E-state index in [9.17, 15) is 8.42 Å². The van der Waals surface area contributed by atoms with Crippen molar-refractivity contribution in [2.24, 2.45) is 0 Å². The zero-order valence-corrected chi connectivity index (χ0v) is 11.2. The van der Waals surface area contributed by atoms with Crippen molar-refractivity contribution in [3.8, 4) is 0 Å². The topological polar surface area (TPSA) is 46.2 Å². The largest absolute Gasteiger partial charge is 0.250 e. The van der Waals surface area contributed by atoms with Crippen molar-refractivity contribution in [3.05, 3.63) is 15.9 Å². The predicted octanol–water partition coefficient (Wildman–Crippen LogP) is 2.59. The maximum atomic E-state index is 11.7. The van der Waals surface area contributed by atoms with Crippen LogP contribution in [0.3, 0.4) is 0 Å². The summed E-state index contributed by atoms with van der Waals surface area (Å²) in [7, 11) is -3.31. The van der Waals surface area contributed by atoms with Gasteiger partial charge in [0.2, 0.25) is 10.0 Å². The lowest BCUT2D eigenvalue weighted by molar-refractivity contribution is 0.558. The smallest absolute Gasteiger partial charge is 0.208 e. The molecule has 0 saturated carbocycles. The van der Waals surface area contributed by atoms with Crippen LogP contribution >= 0.6 is 27.3 Å². The van der Waals surface area contributed by atoms with Gasteiger partial charge in [0, 0.05) is 6.04 Å². The summed E-state index contributed by atoms with van der Waals surface area (Å²) in [5.74, 6) is 0. The van der Waals surface area contributed by atoms with Gasteiger partial charge in [-0.05, 0) is 41.4 Å². The van der Waals surface area contributed by atoms with Crippen molar-refractivity contribution in [2.75, 3.05) is 0 Å². The molecule has 0 fully saturated rings. The SMILES string of the molecule is CC[C@@H](C)NS(=O)(=O)c1ccc(Br)s1. The molecule has 0 unspecified atom stereocenters. The van der Waals surface area contributed by atoms with Crippen LogP contribution in [0.25, 0.3) is 0 Å². The van der Waals surface area contributed by atoms with Gasteiger partial charge < -0.3 is 0 Å². The summed E-state index contributed by atoms with van der Waals surface area (Å²) >= 11 is 4.45. The number of nitrogens with one attached hydrogen (secondary N) is 1. The number of sulfonamides is 1. The van der Waals surface area contributed by atoms with Gasteiger partial charge in [-0.2, -0.15) is 0 Å². The zero-order valence-electron chi connectivity index (χ0n) is 7.95. The molecule has 6 heteroatoms. The summed E-state index contributed by atoms with van der Waals surface area (Å²) in [6.45, 7) is 3.79. The lowest BCUT2D eigenvalue weighted by Crippen LogP contribution is -2.31. The zero-order chi connectivity index (χ0) is 10.8. The molecule has 1 rings (SSSR count). The molecule has 3 nitrogen and oxygen atoms in total. The molecule has 0 amide bonds. The third-order valence-corrected chi connectivity index (χ3v) is 5.49. The molecule has 0 aliphatic heterocycles. The van der Waals surface area contributed by atoms with Crippen LogP contribution in [0.4, 0.5) is 0 Å². The van der Waals surface area contributed by atoms with Crippen LogP contribution < -0.4 is 4.72 Å². The van der Waals surface area contributed by atoms with Crippen LogP contribution in [-0.2, 0) is 10.0 Å². The molecule has 0 aliphatic carbocycles. The van der Waals surface area contributed by atoms with E-state index in [4.69, 9.17) is 0 Å². The Balaban J connectivity index is 2.86. The van der Waals surface area contributed by atoms with Crippen molar-refractivity contribution in [1.29, 1.82) is 0 Å². The van der Waals surface area contributed by atoms with E-state index >= 15 is 0 Å². The first-order valence-corrected chi connectivity index (χ1v) is 7.32. The van der Waals surface area contributed by atoms with Crippen LogP contribution in [0.5, 0.6) is 0 Å². The Labute approximate surface area is 96.7 Å². The van der Waals surface area contributed by atoms with Crippen molar-refractivity contribution >= 4 is 37.3 Å². The standard InChI is InChI=1S/C8H12BrNO2S2/c1-3-6(2)10-14(11,12)8-5-4-7(9)13-8/h4-6,10H,3H2,1-2H3/t6-/m1/s1. The van der Waals surface area contributed by atoms with Crippen molar-refractivity contribution in [3.63, 3.8) is 0 Å². The average molecular weight is 298 g/mol. The highest BCUT2D eigenvalue weighted by molar-refractivity contribution is 9.11. The molecule has 0 saturated heterocycles. The van der Waals surface area contributed by atoms with E-state index in [1.807, 2.05) is 13.8 Å². The molecule has 1 aromatic heterocycles. The van der Waals surface area contributed by atoms with Gasteiger partial charge >= 0.3 is 0 Å². The van der Waals surface area contributed by atoms with E-state index in [2.05, 4.69) is 20.7 Å². The summed E-state index contributed by atoms with van der Waals surface area (Å²) in [5.41, 5.74) is 0. The minimum atomic E-state index is -3.31. The summed E-state index contributed by atoms with van der Waals surface area (Å²) in [6.07, 6.45) is 0.784. The predicted molar refractivity (Wildman–Crippen MR) is 62.1 cm³/mol. The van der Waals surface area contributed by atoms with Gasteiger partial charge in [-0.1, -0.05) is 6.92 Å². The van der Waals surface area contributed by atoms with Gasteiger partial charge in [0.15, 0.2) is 0 Å². The van der Waals surface area contributed by atoms with E-state index in [-0.39, 0.29) is 6.04 Å². The van der Waals surface area contributed by atoms with Crippen molar-refractivity contribution < 1.29 is 8.42 Å². The monoisotopic (exact) mass is 297 g/mol. The van der Waals surface area contributed by atoms with Crippen LogP contribution in [0.15, 0.2) is 20.1 Å². The number of halogens is 1. The molecule has 1 N–H and O–H groups in total. The Bertz CT molecular complexity index is 399. The third-order valence-electron chi connectivity index (χ3n) is 1.78. The third kappa shape index (κ3) is 3.05. The summed E-state index contributed by atoms with van der Waals surface area (Å²) in [6, 6.07) is 3.30. The highest BCUT2D eigenvalue weighted by Gasteiger charge is 2.18. The Morgan fingerprint density at radius 3 is 2.64 bits per heavy atom. The first kappa shape index (κ1) is 12.2. The molecular formula is C8H12BrNO2S2. The molecular weight excluding hydrogens is 286 g/mol. The Morgan fingerprint density at radius 2 is 2.21 bits per heavy atom. The molecule has 1 atom stereocenters. The summed E-state index contributed by atoms with van der Waals surface area (Å²) in [4.78, 5) is 0. The molecule has 0 spiro atoms. The van der Waals surface area contributed by atoms with Gasteiger partial charge in [0.05, 0.1) is 3.79 Å².